The fourth-order valence-electron chi connectivity index (χ4n) is 2.42. The van der Waals surface area contributed by atoms with Crippen molar-refractivity contribution in [1.82, 2.24) is 0 Å². The van der Waals surface area contributed by atoms with Crippen LogP contribution in [0.3, 0.4) is 0 Å². The van der Waals surface area contributed by atoms with E-state index in [2.05, 4.69) is 39.0 Å². The molecule has 0 amide bonds. The SMILES string of the molecule is CCC(N)C(SCc1cc(C)cc(C)c1)c1ccco1. The molecule has 2 nitrogen and oxygen atoms in total. The van der Waals surface area contributed by atoms with Crippen molar-refractivity contribution in [2.75, 3.05) is 0 Å². The molecular weight excluding hydrogens is 266 g/mol. The first-order valence-corrected chi connectivity index (χ1v) is 8.12. The van der Waals surface area contributed by atoms with E-state index >= 15 is 0 Å². The van der Waals surface area contributed by atoms with Gasteiger partial charge in [-0.1, -0.05) is 36.2 Å². The molecule has 0 bridgehead atoms. The standard InChI is InChI=1S/C17H23NOS/c1-4-15(18)17(16-6-5-7-19-16)20-11-14-9-12(2)8-13(3)10-14/h5-10,15,17H,4,11,18H2,1-3H3. The summed E-state index contributed by atoms with van der Waals surface area (Å²) in [5, 5.41) is 0.218. The minimum Gasteiger partial charge on any atom is -0.468 e. The minimum atomic E-state index is 0.122. The average Bonchev–Trinajstić information content (AvgIpc) is 2.91. The van der Waals surface area contributed by atoms with Crippen molar-refractivity contribution >= 4 is 11.8 Å². The van der Waals surface area contributed by atoms with Gasteiger partial charge in [-0.3, -0.25) is 0 Å². The van der Waals surface area contributed by atoms with E-state index in [-0.39, 0.29) is 11.3 Å². The van der Waals surface area contributed by atoms with Crippen molar-refractivity contribution in [2.45, 2.75) is 44.2 Å². The van der Waals surface area contributed by atoms with Crippen molar-refractivity contribution < 1.29 is 4.42 Å². The van der Waals surface area contributed by atoms with Gasteiger partial charge in [0.15, 0.2) is 0 Å². The molecule has 2 N–H and O–H groups in total. The summed E-state index contributed by atoms with van der Waals surface area (Å²) in [4.78, 5) is 0. The average molecular weight is 289 g/mol. The molecular formula is C17H23NOS. The third kappa shape index (κ3) is 3.90. The molecule has 0 saturated carbocycles. The van der Waals surface area contributed by atoms with Gasteiger partial charge in [-0.05, 0) is 38.0 Å². The number of hydrogen-bond donors (Lipinski definition) is 1. The lowest BCUT2D eigenvalue weighted by atomic mass is 10.1. The predicted molar refractivity (Wildman–Crippen MR) is 86.9 cm³/mol. The van der Waals surface area contributed by atoms with Gasteiger partial charge in [0.05, 0.1) is 11.5 Å². The summed E-state index contributed by atoms with van der Waals surface area (Å²) in [5.74, 6) is 1.94. The molecule has 1 aromatic heterocycles. The monoisotopic (exact) mass is 289 g/mol. The van der Waals surface area contributed by atoms with E-state index in [9.17, 15) is 0 Å². The van der Waals surface area contributed by atoms with E-state index in [0.29, 0.717) is 0 Å². The van der Waals surface area contributed by atoms with Gasteiger partial charge in [-0.15, -0.1) is 11.8 Å². The molecule has 1 aromatic carbocycles. The molecule has 2 aromatic rings. The number of benzene rings is 1. The molecule has 0 aliphatic carbocycles. The van der Waals surface area contributed by atoms with Crippen LogP contribution >= 0.6 is 11.8 Å². The Kier molecular flexibility index (Phi) is 5.32. The molecule has 0 radical (unpaired) electrons. The van der Waals surface area contributed by atoms with Crippen LogP contribution in [0.15, 0.2) is 41.0 Å². The highest BCUT2D eigenvalue weighted by molar-refractivity contribution is 7.98. The number of thioether (sulfide) groups is 1. The van der Waals surface area contributed by atoms with E-state index in [1.165, 1.54) is 16.7 Å². The molecule has 1 heterocycles. The van der Waals surface area contributed by atoms with Crippen molar-refractivity contribution in [2.24, 2.45) is 5.73 Å². The zero-order valence-corrected chi connectivity index (χ0v) is 13.2. The fraction of sp³-hybridized carbons (Fsp3) is 0.412. The van der Waals surface area contributed by atoms with Crippen molar-refractivity contribution in [1.29, 1.82) is 0 Å². The van der Waals surface area contributed by atoms with Crippen LogP contribution in [0.25, 0.3) is 0 Å². The Balaban J connectivity index is 2.09. The Bertz CT molecular complexity index is 516. The van der Waals surface area contributed by atoms with Crippen molar-refractivity contribution in [3.8, 4) is 0 Å². The quantitative estimate of drug-likeness (QED) is 0.844. The summed E-state index contributed by atoms with van der Waals surface area (Å²) in [5.41, 5.74) is 10.2. The summed E-state index contributed by atoms with van der Waals surface area (Å²) >= 11 is 1.86. The fourth-order valence-corrected chi connectivity index (χ4v) is 3.70. The molecule has 2 unspecified atom stereocenters. The van der Waals surface area contributed by atoms with E-state index in [1.54, 1.807) is 6.26 Å². The topological polar surface area (TPSA) is 39.2 Å². The van der Waals surface area contributed by atoms with E-state index in [0.717, 1.165) is 17.9 Å². The summed E-state index contributed by atoms with van der Waals surface area (Å²) in [7, 11) is 0. The normalized spacial score (nSPS) is 14.2. The molecule has 2 rings (SSSR count). The number of furan rings is 1. The Morgan fingerprint density at radius 1 is 1.20 bits per heavy atom. The maximum atomic E-state index is 6.25. The second-order valence-electron chi connectivity index (χ2n) is 5.32. The van der Waals surface area contributed by atoms with E-state index < -0.39 is 0 Å². The maximum absolute atomic E-state index is 6.25. The molecule has 2 atom stereocenters. The van der Waals surface area contributed by atoms with Crippen LogP contribution in [0.4, 0.5) is 0 Å². The smallest absolute Gasteiger partial charge is 0.118 e. The molecule has 0 spiro atoms. The van der Waals surface area contributed by atoms with Crippen LogP contribution in [0.2, 0.25) is 0 Å². The van der Waals surface area contributed by atoms with Gasteiger partial charge < -0.3 is 10.2 Å². The summed E-state index contributed by atoms with van der Waals surface area (Å²) in [6, 6.07) is 10.8. The first kappa shape index (κ1) is 15.2. The van der Waals surface area contributed by atoms with Crippen LogP contribution in [-0.2, 0) is 5.75 Å². The van der Waals surface area contributed by atoms with Gasteiger partial charge >= 0.3 is 0 Å². The minimum absolute atomic E-state index is 0.122. The van der Waals surface area contributed by atoms with Gasteiger partial charge in [-0.25, -0.2) is 0 Å². The van der Waals surface area contributed by atoms with Gasteiger partial charge in [0.2, 0.25) is 0 Å². The highest BCUT2D eigenvalue weighted by Crippen LogP contribution is 2.35. The molecule has 20 heavy (non-hydrogen) atoms. The molecule has 0 fully saturated rings. The maximum Gasteiger partial charge on any atom is 0.118 e. The molecule has 0 saturated heterocycles. The van der Waals surface area contributed by atoms with Gasteiger partial charge in [0.25, 0.3) is 0 Å². The lowest BCUT2D eigenvalue weighted by molar-refractivity contribution is 0.474. The molecule has 0 aliphatic rings. The Morgan fingerprint density at radius 3 is 2.45 bits per heavy atom. The Labute approximate surface area is 125 Å². The lowest BCUT2D eigenvalue weighted by Crippen LogP contribution is -2.25. The third-order valence-electron chi connectivity index (χ3n) is 3.39. The van der Waals surface area contributed by atoms with Gasteiger partial charge in [-0.2, -0.15) is 0 Å². The Hall–Kier alpha value is -1.19. The highest BCUT2D eigenvalue weighted by atomic mass is 32.2. The van der Waals surface area contributed by atoms with Crippen LogP contribution in [0.5, 0.6) is 0 Å². The first-order valence-electron chi connectivity index (χ1n) is 7.08. The van der Waals surface area contributed by atoms with Gasteiger partial charge in [0.1, 0.15) is 5.76 Å². The predicted octanol–water partition coefficient (Wildman–Crippen LogP) is 4.61. The third-order valence-corrected chi connectivity index (χ3v) is 4.84. The summed E-state index contributed by atoms with van der Waals surface area (Å²) < 4.78 is 5.55. The van der Waals surface area contributed by atoms with Crippen LogP contribution in [0, 0.1) is 13.8 Å². The van der Waals surface area contributed by atoms with E-state index in [1.807, 2.05) is 23.9 Å². The van der Waals surface area contributed by atoms with Gasteiger partial charge in [0, 0.05) is 11.8 Å². The lowest BCUT2D eigenvalue weighted by Gasteiger charge is -2.20. The zero-order chi connectivity index (χ0) is 14.5. The van der Waals surface area contributed by atoms with Crippen LogP contribution in [0.1, 0.15) is 41.0 Å². The largest absolute Gasteiger partial charge is 0.468 e. The zero-order valence-electron chi connectivity index (χ0n) is 12.4. The summed E-state index contributed by atoms with van der Waals surface area (Å²) in [6.07, 6.45) is 2.67. The first-order chi connectivity index (χ1) is 9.60. The second kappa shape index (κ2) is 7.00. The highest BCUT2D eigenvalue weighted by Gasteiger charge is 2.21. The number of aryl methyl sites for hydroxylation is 2. The number of hydrogen-bond acceptors (Lipinski definition) is 3. The molecule has 0 aliphatic heterocycles. The summed E-state index contributed by atoms with van der Waals surface area (Å²) in [6.45, 7) is 6.41. The Morgan fingerprint density at radius 2 is 1.90 bits per heavy atom. The molecule has 3 heteroatoms. The van der Waals surface area contributed by atoms with Crippen LogP contribution < -0.4 is 5.73 Å². The second-order valence-corrected chi connectivity index (χ2v) is 6.44. The number of nitrogens with two attached hydrogens (primary N) is 1. The van der Waals surface area contributed by atoms with Crippen molar-refractivity contribution in [3.63, 3.8) is 0 Å². The molecule has 108 valence electrons. The van der Waals surface area contributed by atoms with Crippen LogP contribution in [-0.4, -0.2) is 6.04 Å². The van der Waals surface area contributed by atoms with Crippen molar-refractivity contribution in [3.05, 3.63) is 59.0 Å². The van der Waals surface area contributed by atoms with E-state index in [4.69, 9.17) is 10.2 Å². The number of rotatable bonds is 6.